The number of ether oxygens (including phenoxy) is 4. The highest BCUT2D eigenvalue weighted by Crippen LogP contribution is 2.61. The van der Waals surface area contributed by atoms with Gasteiger partial charge in [-0.05, 0) is 117 Å². The lowest BCUT2D eigenvalue weighted by Crippen LogP contribution is -2.46. The van der Waals surface area contributed by atoms with Crippen LogP contribution in [0.1, 0.15) is 94.6 Å². The van der Waals surface area contributed by atoms with Crippen molar-refractivity contribution >= 4 is 0 Å². The molecule has 7 unspecified atom stereocenters. The van der Waals surface area contributed by atoms with Gasteiger partial charge >= 0.3 is 0 Å². The van der Waals surface area contributed by atoms with Crippen LogP contribution in [0.3, 0.4) is 0 Å². The second kappa shape index (κ2) is 8.92. The maximum absolute atomic E-state index is 6.61. The summed E-state index contributed by atoms with van der Waals surface area (Å²) in [4.78, 5) is 0. The first-order valence-corrected chi connectivity index (χ1v) is 13.4. The molecule has 4 nitrogen and oxygen atoms in total. The van der Waals surface area contributed by atoms with Crippen molar-refractivity contribution in [1.29, 1.82) is 0 Å². The van der Waals surface area contributed by atoms with Crippen LogP contribution in [0.15, 0.2) is 18.2 Å². The quantitative estimate of drug-likeness (QED) is 0.546. The van der Waals surface area contributed by atoms with Crippen molar-refractivity contribution in [2.24, 2.45) is 17.3 Å². The highest BCUT2D eigenvalue weighted by Gasteiger charge is 2.55. The van der Waals surface area contributed by atoms with Gasteiger partial charge in [0.1, 0.15) is 5.75 Å². The average molecular weight is 441 g/mol. The van der Waals surface area contributed by atoms with Crippen LogP contribution in [-0.2, 0) is 20.6 Å². The molecule has 0 aromatic heterocycles. The fraction of sp³-hybridized carbons (Fsp3) is 0.786. The third-order valence-corrected chi connectivity index (χ3v) is 9.47. The summed E-state index contributed by atoms with van der Waals surface area (Å²) in [6.45, 7) is 4.24. The van der Waals surface area contributed by atoms with Gasteiger partial charge in [-0.3, -0.25) is 0 Å². The van der Waals surface area contributed by atoms with Crippen molar-refractivity contribution in [3.63, 3.8) is 0 Å². The molecule has 32 heavy (non-hydrogen) atoms. The monoisotopic (exact) mass is 440 g/mol. The van der Waals surface area contributed by atoms with E-state index < -0.39 is 0 Å². The van der Waals surface area contributed by atoms with Gasteiger partial charge in [0.2, 0.25) is 0 Å². The summed E-state index contributed by atoms with van der Waals surface area (Å²) in [5, 5.41) is 0. The molecular weight excluding hydrogens is 400 g/mol. The lowest BCUT2D eigenvalue weighted by Gasteiger charge is -2.51. The Bertz CT molecular complexity index is 797. The molecule has 2 heterocycles. The number of benzene rings is 1. The first kappa shape index (κ1) is 21.4. The van der Waals surface area contributed by atoms with Crippen LogP contribution in [0.25, 0.3) is 0 Å². The summed E-state index contributed by atoms with van der Waals surface area (Å²) >= 11 is 0. The summed E-state index contributed by atoms with van der Waals surface area (Å²) in [6, 6.07) is 6.90. The smallest absolute Gasteiger partial charge is 0.199 e. The Balaban J connectivity index is 1.15. The molecule has 2 saturated heterocycles. The molecule has 0 bridgehead atoms. The summed E-state index contributed by atoms with van der Waals surface area (Å²) < 4.78 is 24.5. The topological polar surface area (TPSA) is 36.9 Å². The SMILES string of the molecule is CC12CCC3c4ccc(OC5CCCCO5)cc4CCC3C1CCC2OC1CCCCO1. The molecule has 1 aromatic carbocycles. The Kier molecular flexibility index (Phi) is 5.98. The second-order valence-electron chi connectivity index (χ2n) is 11.2. The predicted molar refractivity (Wildman–Crippen MR) is 124 cm³/mol. The van der Waals surface area contributed by atoms with Gasteiger partial charge in [0.05, 0.1) is 12.7 Å². The minimum Gasteiger partial charge on any atom is -0.465 e. The number of rotatable bonds is 4. The molecule has 0 N–H and O–H groups in total. The van der Waals surface area contributed by atoms with Gasteiger partial charge in [-0.25, -0.2) is 0 Å². The molecule has 7 atom stereocenters. The number of hydrogen-bond donors (Lipinski definition) is 0. The van der Waals surface area contributed by atoms with Crippen LogP contribution in [0.4, 0.5) is 0 Å². The van der Waals surface area contributed by atoms with E-state index in [1.165, 1.54) is 63.4 Å². The average Bonchev–Trinajstić information content (AvgIpc) is 3.16. The lowest BCUT2D eigenvalue weighted by atomic mass is 9.55. The maximum atomic E-state index is 6.61. The van der Waals surface area contributed by atoms with E-state index in [2.05, 4.69) is 25.1 Å². The van der Waals surface area contributed by atoms with Gasteiger partial charge in [0.15, 0.2) is 12.6 Å². The van der Waals surface area contributed by atoms with Crippen LogP contribution in [-0.4, -0.2) is 31.9 Å². The molecule has 6 rings (SSSR count). The Morgan fingerprint density at radius 1 is 0.875 bits per heavy atom. The normalized spacial score (nSPS) is 41.4. The lowest BCUT2D eigenvalue weighted by molar-refractivity contribution is -0.212. The van der Waals surface area contributed by atoms with Crippen LogP contribution in [0.5, 0.6) is 5.75 Å². The third-order valence-electron chi connectivity index (χ3n) is 9.47. The molecule has 0 amide bonds. The zero-order valence-corrected chi connectivity index (χ0v) is 19.7. The molecule has 176 valence electrons. The molecule has 4 heteroatoms. The van der Waals surface area contributed by atoms with Crippen molar-refractivity contribution in [3.05, 3.63) is 29.3 Å². The molecule has 2 aliphatic heterocycles. The molecule has 2 saturated carbocycles. The molecule has 0 spiro atoms. The van der Waals surface area contributed by atoms with Crippen molar-refractivity contribution in [2.45, 2.75) is 109 Å². The summed E-state index contributed by atoms with van der Waals surface area (Å²) in [5.74, 6) is 3.29. The fourth-order valence-corrected chi connectivity index (χ4v) is 7.77. The van der Waals surface area contributed by atoms with E-state index in [-0.39, 0.29) is 12.6 Å². The zero-order chi connectivity index (χ0) is 21.5. The van der Waals surface area contributed by atoms with E-state index in [1.54, 1.807) is 5.56 Å². The number of fused-ring (bicyclic) bond motifs is 5. The molecule has 4 fully saturated rings. The van der Waals surface area contributed by atoms with Crippen molar-refractivity contribution in [2.75, 3.05) is 13.2 Å². The maximum Gasteiger partial charge on any atom is 0.199 e. The van der Waals surface area contributed by atoms with Gasteiger partial charge in [-0.2, -0.15) is 0 Å². The summed E-state index contributed by atoms with van der Waals surface area (Å²) in [7, 11) is 0. The Hall–Kier alpha value is -1.10. The van der Waals surface area contributed by atoms with E-state index in [9.17, 15) is 0 Å². The van der Waals surface area contributed by atoms with E-state index in [0.29, 0.717) is 17.4 Å². The standard InChI is InChI=1S/C28H40O4/c1-28-15-14-22-21-11-9-20(31-26-6-2-4-16-29-26)18-19(21)8-10-23(22)24(28)12-13-25(28)32-27-7-3-5-17-30-27/h9,11,18,22-27H,2-8,10,12-17H2,1H3. The van der Waals surface area contributed by atoms with Gasteiger partial charge in [-0.1, -0.05) is 13.0 Å². The number of aryl methyl sites for hydroxylation is 1. The first-order chi connectivity index (χ1) is 15.7. The number of hydrogen-bond acceptors (Lipinski definition) is 4. The second-order valence-corrected chi connectivity index (χ2v) is 11.2. The Labute approximate surface area is 193 Å². The van der Waals surface area contributed by atoms with Crippen molar-refractivity contribution in [1.82, 2.24) is 0 Å². The van der Waals surface area contributed by atoms with Crippen LogP contribution in [0.2, 0.25) is 0 Å². The Morgan fingerprint density at radius 2 is 1.69 bits per heavy atom. The molecule has 3 aliphatic carbocycles. The van der Waals surface area contributed by atoms with Gasteiger partial charge in [0, 0.05) is 13.0 Å². The van der Waals surface area contributed by atoms with Gasteiger partial charge in [0.25, 0.3) is 0 Å². The van der Waals surface area contributed by atoms with Crippen molar-refractivity contribution < 1.29 is 18.9 Å². The minimum atomic E-state index is -0.0582. The first-order valence-electron chi connectivity index (χ1n) is 13.4. The zero-order valence-electron chi connectivity index (χ0n) is 19.7. The minimum absolute atomic E-state index is 0.0423. The van der Waals surface area contributed by atoms with E-state index in [0.717, 1.165) is 50.1 Å². The van der Waals surface area contributed by atoms with Crippen LogP contribution in [0, 0.1) is 17.3 Å². The summed E-state index contributed by atoms with van der Waals surface area (Å²) in [5.41, 5.74) is 3.44. The van der Waals surface area contributed by atoms with Gasteiger partial charge in [-0.15, -0.1) is 0 Å². The van der Waals surface area contributed by atoms with Crippen LogP contribution < -0.4 is 4.74 Å². The molecule has 1 aromatic rings. The van der Waals surface area contributed by atoms with E-state index in [1.807, 2.05) is 0 Å². The van der Waals surface area contributed by atoms with E-state index in [4.69, 9.17) is 18.9 Å². The van der Waals surface area contributed by atoms with Crippen molar-refractivity contribution in [3.8, 4) is 5.75 Å². The molecule has 5 aliphatic rings. The third kappa shape index (κ3) is 3.91. The van der Waals surface area contributed by atoms with Gasteiger partial charge < -0.3 is 18.9 Å². The Morgan fingerprint density at radius 3 is 2.47 bits per heavy atom. The largest absolute Gasteiger partial charge is 0.465 e. The predicted octanol–water partition coefficient (Wildman–Crippen LogP) is 6.36. The van der Waals surface area contributed by atoms with E-state index >= 15 is 0 Å². The molecule has 0 radical (unpaired) electrons. The highest BCUT2D eigenvalue weighted by atomic mass is 16.7. The highest BCUT2D eigenvalue weighted by molar-refractivity contribution is 5.40. The molecular formula is C28H40O4. The summed E-state index contributed by atoms with van der Waals surface area (Å²) in [6.07, 6.45) is 14.9. The van der Waals surface area contributed by atoms with Crippen LogP contribution >= 0.6 is 0 Å². The fourth-order valence-electron chi connectivity index (χ4n) is 7.77.